The highest BCUT2D eigenvalue weighted by molar-refractivity contribution is 5.84. The van der Waals surface area contributed by atoms with Crippen molar-refractivity contribution in [2.75, 3.05) is 33.3 Å². The van der Waals surface area contributed by atoms with Gasteiger partial charge in [-0.05, 0) is 39.0 Å². The van der Waals surface area contributed by atoms with Crippen LogP contribution in [0.3, 0.4) is 0 Å². The van der Waals surface area contributed by atoms with Crippen molar-refractivity contribution in [3.63, 3.8) is 0 Å². The van der Waals surface area contributed by atoms with Crippen LogP contribution in [0.4, 0.5) is 0 Å². The van der Waals surface area contributed by atoms with E-state index in [1.54, 1.807) is 7.05 Å². The molecule has 2 unspecified atom stereocenters. The van der Waals surface area contributed by atoms with Gasteiger partial charge in [0.2, 0.25) is 5.91 Å². The minimum absolute atomic E-state index is 0.0476. The van der Waals surface area contributed by atoms with Crippen molar-refractivity contribution in [2.24, 2.45) is 21.7 Å². The quantitative estimate of drug-likeness (QED) is 0.505. The Morgan fingerprint density at radius 3 is 2.40 bits per heavy atom. The number of hydrogen-bond donors (Lipinski definition) is 3. The van der Waals surface area contributed by atoms with Crippen LogP contribution in [-0.2, 0) is 9.53 Å². The molecule has 0 bridgehead atoms. The molecule has 6 heteroatoms. The van der Waals surface area contributed by atoms with Crippen LogP contribution < -0.4 is 16.0 Å². The van der Waals surface area contributed by atoms with Gasteiger partial charge in [-0.3, -0.25) is 9.79 Å². The molecule has 0 aliphatic carbocycles. The first kappa shape index (κ1) is 21.7. The molecule has 25 heavy (non-hydrogen) atoms. The van der Waals surface area contributed by atoms with E-state index >= 15 is 0 Å². The summed E-state index contributed by atoms with van der Waals surface area (Å²) in [5.41, 5.74) is -0.362. The van der Waals surface area contributed by atoms with Crippen molar-refractivity contribution in [1.29, 1.82) is 0 Å². The molecule has 6 nitrogen and oxygen atoms in total. The molecule has 0 aromatic carbocycles. The van der Waals surface area contributed by atoms with E-state index in [1.165, 1.54) is 0 Å². The molecule has 1 aliphatic heterocycles. The molecule has 3 N–H and O–H groups in total. The van der Waals surface area contributed by atoms with Gasteiger partial charge in [0.05, 0.1) is 11.5 Å². The lowest BCUT2D eigenvalue weighted by Gasteiger charge is -2.40. The van der Waals surface area contributed by atoms with Gasteiger partial charge < -0.3 is 20.7 Å². The molecule has 1 saturated heterocycles. The second-order valence-corrected chi connectivity index (χ2v) is 8.61. The first-order chi connectivity index (χ1) is 11.6. The Hall–Kier alpha value is -1.30. The number of amides is 1. The van der Waals surface area contributed by atoms with Crippen LogP contribution in [-0.4, -0.2) is 51.3 Å². The number of rotatable bonds is 6. The van der Waals surface area contributed by atoms with Crippen LogP contribution in [0.5, 0.6) is 0 Å². The monoisotopic (exact) mass is 354 g/mol. The van der Waals surface area contributed by atoms with Gasteiger partial charge in [0, 0.05) is 39.2 Å². The molecule has 0 aromatic heterocycles. The van der Waals surface area contributed by atoms with E-state index in [9.17, 15) is 4.79 Å². The minimum Gasteiger partial charge on any atom is -0.377 e. The van der Waals surface area contributed by atoms with E-state index in [0.29, 0.717) is 19.0 Å². The van der Waals surface area contributed by atoms with Gasteiger partial charge in [-0.25, -0.2) is 0 Å². The van der Waals surface area contributed by atoms with E-state index in [1.807, 2.05) is 20.8 Å². The zero-order chi connectivity index (χ0) is 19.1. The van der Waals surface area contributed by atoms with Gasteiger partial charge in [-0.15, -0.1) is 0 Å². The number of ether oxygens (including phenoxy) is 1. The van der Waals surface area contributed by atoms with Crippen molar-refractivity contribution in [1.82, 2.24) is 16.0 Å². The average molecular weight is 355 g/mol. The predicted molar refractivity (Wildman–Crippen MR) is 104 cm³/mol. The summed E-state index contributed by atoms with van der Waals surface area (Å²) in [7, 11) is 1.76. The lowest BCUT2D eigenvalue weighted by atomic mass is 9.78. The van der Waals surface area contributed by atoms with Crippen molar-refractivity contribution < 1.29 is 9.53 Å². The Bertz CT molecular complexity index is 455. The number of hydrogen-bond acceptors (Lipinski definition) is 3. The van der Waals surface area contributed by atoms with Gasteiger partial charge in [0.1, 0.15) is 0 Å². The third kappa shape index (κ3) is 6.84. The van der Waals surface area contributed by atoms with Crippen LogP contribution in [0.1, 0.15) is 54.4 Å². The maximum atomic E-state index is 12.1. The van der Waals surface area contributed by atoms with E-state index in [-0.39, 0.29) is 17.4 Å². The Morgan fingerprint density at radius 2 is 1.84 bits per heavy atom. The van der Waals surface area contributed by atoms with Gasteiger partial charge in [0.25, 0.3) is 0 Å². The maximum Gasteiger partial charge on any atom is 0.227 e. The van der Waals surface area contributed by atoms with Crippen LogP contribution in [0, 0.1) is 16.7 Å². The van der Waals surface area contributed by atoms with Crippen molar-refractivity contribution in [3.8, 4) is 0 Å². The number of nitrogens with zero attached hydrogens (tertiary/aromatic N) is 1. The molecule has 1 aliphatic rings. The van der Waals surface area contributed by atoms with E-state index in [4.69, 9.17) is 4.74 Å². The average Bonchev–Trinajstić information content (AvgIpc) is 2.54. The van der Waals surface area contributed by atoms with E-state index in [0.717, 1.165) is 32.0 Å². The summed E-state index contributed by atoms with van der Waals surface area (Å²) in [6.07, 6.45) is 2.52. The number of carbonyl (C=O) groups is 1. The molecule has 0 aromatic rings. The fourth-order valence-corrected chi connectivity index (χ4v) is 3.24. The van der Waals surface area contributed by atoms with Crippen molar-refractivity contribution in [3.05, 3.63) is 0 Å². The first-order valence-electron chi connectivity index (χ1n) is 9.46. The number of aliphatic imine (C=N–C) groups is 1. The lowest BCUT2D eigenvalue weighted by Crippen LogP contribution is -2.50. The fourth-order valence-electron chi connectivity index (χ4n) is 3.24. The first-order valence-corrected chi connectivity index (χ1v) is 9.46. The lowest BCUT2D eigenvalue weighted by molar-refractivity contribution is -0.128. The Balaban J connectivity index is 2.55. The topological polar surface area (TPSA) is 74.8 Å². The van der Waals surface area contributed by atoms with Gasteiger partial charge in [-0.2, -0.15) is 0 Å². The largest absolute Gasteiger partial charge is 0.377 e. The Labute approximate surface area is 153 Å². The third-order valence-electron chi connectivity index (χ3n) is 4.70. The Kier molecular flexibility index (Phi) is 8.19. The third-order valence-corrected chi connectivity index (χ3v) is 4.70. The molecule has 1 rings (SSSR count). The highest BCUT2D eigenvalue weighted by Gasteiger charge is 2.35. The highest BCUT2D eigenvalue weighted by Crippen LogP contribution is 2.33. The second-order valence-electron chi connectivity index (χ2n) is 8.61. The number of carbonyl (C=O) groups excluding carboxylic acids is 1. The summed E-state index contributed by atoms with van der Waals surface area (Å²) in [6.45, 7) is 15.3. The van der Waals surface area contributed by atoms with Gasteiger partial charge in [-0.1, -0.05) is 20.8 Å². The van der Waals surface area contributed by atoms with Gasteiger partial charge in [0.15, 0.2) is 5.96 Å². The zero-order valence-corrected chi connectivity index (χ0v) is 17.2. The molecule has 1 fully saturated rings. The van der Waals surface area contributed by atoms with Crippen LogP contribution in [0.2, 0.25) is 0 Å². The van der Waals surface area contributed by atoms with Crippen LogP contribution in [0.25, 0.3) is 0 Å². The minimum atomic E-state index is -0.491. The summed E-state index contributed by atoms with van der Waals surface area (Å²) >= 11 is 0. The van der Waals surface area contributed by atoms with Crippen molar-refractivity contribution in [2.45, 2.75) is 60.5 Å². The van der Waals surface area contributed by atoms with Crippen LogP contribution in [0.15, 0.2) is 4.99 Å². The molecular weight excluding hydrogens is 316 g/mol. The molecule has 1 amide bonds. The fraction of sp³-hybridized carbons (Fsp3) is 0.895. The highest BCUT2D eigenvalue weighted by atomic mass is 16.5. The molecule has 2 atom stereocenters. The molecule has 146 valence electrons. The van der Waals surface area contributed by atoms with E-state index < -0.39 is 5.41 Å². The summed E-state index contributed by atoms with van der Waals surface area (Å²) in [5, 5.41) is 9.57. The van der Waals surface area contributed by atoms with Crippen molar-refractivity contribution >= 4 is 11.9 Å². The smallest absolute Gasteiger partial charge is 0.227 e. The summed E-state index contributed by atoms with van der Waals surface area (Å²) in [5.74, 6) is 1.24. The summed E-state index contributed by atoms with van der Waals surface area (Å²) < 4.78 is 6.04. The molecule has 0 saturated carbocycles. The normalized spacial score (nSPS) is 22.4. The van der Waals surface area contributed by atoms with E-state index in [2.05, 4.69) is 41.7 Å². The maximum absolute atomic E-state index is 12.1. The molecule has 0 radical (unpaired) electrons. The molecular formula is C19H38N4O2. The standard InChI is InChI=1S/C19H38N4O2/c1-8-21-16(24)19(5,6)13-23-17(20-7)22-12-14-10-9-11-25-15(14)18(2,3)4/h14-15H,8-13H2,1-7H3,(H,21,24)(H2,20,22,23). The SMILES string of the molecule is CCNC(=O)C(C)(C)CNC(=NC)NCC1CCCOC1C(C)(C)C. The van der Waals surface area contributed by atoms with Crippen LogP contribution >= 0.6 is 0 Å². The number of guanidine groups is 1. The predicted octanol–water partition coefficient (Wildman–Crippen LogP) is 2.16. The summed E-state index contributed by atoms with van der Waals surface area (Å²) in [6, 6.07) is 0. The molecule has 1 heterocycles. The number of nitrogens with one attached hydrogen (secondary N) is 3. The molecule has 0 spiro atoms. The second kappa shape index (κ2) is 9.41. The van der Waals surface area contributed by atoms with Gasteiger partial charge >= 0.3 is 0 Å². The zero-order valence-electron chi connectivity index (χ0n) is 17.2. The Morgan fingerprint density at radius 1 is 1.16 bits per heavy atom. The summed E-state index contributed by atoms with van der Waals surface area (Å²) in [4.78, 5) is 16.4.